The smallest absolute Gasteiger partial charge is 0.123 e. The maximum absolute atomic E-state index is 9.26. The number of hydrogen-bond acceptors (Lipinski definition) is 4. The van der Waals surface area contributed by atoms with E-state index in [4.69, 9.17) is 5.73 Å². The first-order valence-corrected chi connectivity index (χ1v) is 6.23. The molecule has 0 radical (unpaired) electrons. The van der Waals surface area contributed by atoms with Crippen LogP contribution in [0.4, 0.5) is 5.82 Å². The van der Waals surface area contributed by atoms with E-state index in [0.29, 0.717) is 12.4 Å². The van der Waals surface area contributed by atoms with E-state index in [1.165, 1.54) is 25.7 Å². The number of nitrogens with one attached hydrogen (secondary N) is 1. The molecule has 0 saturated heterocycles. The van der Waals surface area contributed by atoms with Gasteiger partial charge in [-0.1, -0.05) is 18.9 Å². The van der Waals surface area contributed by atoms with Crippen molar-refractivity contribution in [2.45, 2.75) is 51.3 Å². The van der Waals surface area contributed by atoms with Crippen molar-refractivity contribution >= 4 is 30.6 Å². The Hall–Kier alpha value is -0.550. The number of nitrogen functional groups attached to an aromatic ring is 1. The number of anilines is 1. The largest absolute Gasteiger partial charge is 0.392 e. The van der Waals surface area contributed by atoms with E-state index in [1.807, 2.05) is 6.07 Å². The Labute approximate surface area is 127 Å². The van der Waals surface area contributed by atoms with Gasteiger partial charge in [0.25, 0.3) is 0 Å². The molecule has 4 nitrogen and oxygen atoms in total. The van der Waals surface area contributed by atoms with Gasteiger partial charge in [-0.25, -0.2) is 4.98 Å². The first-order chi connectivity index (χ1) is 8.13. The minimum Gasteiger partial charge on any atom is -0.392 e. The second-order valence-corrected chi connectivity index (χ2v) is 5.12. The Bertz CT molecular complexity index is 395. The Morgan fingerprint density at radius 1 is 1.32 bits per heavy atom. The summed E-state index contributed by atoms with van der Waals surface area (Å²) in [4.78, 5) is 4.29. The van der Waals surface area contributed by atoms with Crippen LogP contribution in [0.2, 0.25) is 0 Å². The van der Waals surface area contributed by atoms with Crippen molar-refractivity contribution in [3.05, 3.63) is 23.4 Å². The van der Waals surface area contributed by atoms with Gasteiger partial charge in [0.05, 0.1) is 12.3 Å². The van der Waals surface area contributed by atoms with Crippen LogP contribution in [0.25, 0.3) is 0 Å². The summed E-state index contributed by atoms with van der Waals surface area (Å²) >= 11 is 0. The van der Waals surface area contributed by atoms with E-state index >= 15 is 0 Å². The minimum absolute atomic E-state index is 0. The lowest BCUT2D eigenvalue weighted by Crippen LogP contribution is -2.39. The maximum atomic E-state index is 9.26. The molecular weight excluding hydrogens is 285 g/mol. The maximum Gasteiger partial charge on any atom is 0.123 e. The highest BCUT2D eigenvalue weighted by Gasteiger charge is 2.27. The van der Waals surface area contributed by atoms with Gasteiger partial charge in [-0.15, -0.1) is 24.8 Å². The normalized spacial score (nSPS) is 16.5. The SMILES string of the molecule is CC1(NCc2nc(N)ccc2CO)CCCC1.Cl.Cl. The zero-order chi connectivity index (χ0) is 12.3. The quantitative estimate of drug-likeness (QED) is 0.799. The van der Waals surface area contributed by atoms with Crippen LogP contribution in [0.5, 0.6) is 0 Å². The third-order valence-corrected chi connectivity index (χ3v) is 3.65. The number of aromatic nitrogens is 1. The zero-order valence-corrected chi connectivity index (χ0v) is 12.8. The molecule has 1 heterocycles. The summed E-state index contributed by atoms with van der Waals surface area (Å²) in [5, 5.41) is 12.8. The molecule has 0 aromatic carbocycles. The summed E-state index contributed by atoms with van der Waals surface area (Å²) in [5.74, 6) is 0.510. The third-order valence-electron chi connectivity index (χ3n) is 3.65. The van der Waals surface area contributed by atoms with Crippen LogP contribution in [-0.4, -0.2) is 15.6 Å². The molecule has 4 N–H and O–H groups in total. The van der Waals surface area contributed by atoms with Gasteiger partial charge < -0.3 is 16.2 Å². The number of aliphatic hydroxyl groups is 1. The van der Waals surface area contributed by atoms with Crippen molar-refractivity contribution in [2.24, 2.45) is 0 Å². The van der Waals surface area contributed by atoms with E-state index in [-0.39, 0.29) is 37.0 Å². The van der Waals surface area contributed by atoms with Gasteiger partial charge in [0.2, 0.25) is 0 Å². The van der Waals surface area contributed by atoms with Crippen molar-refractivity contribution < 1.29 is 5.11 Å². The van der Waals surface area contributed by atoms with E-state index in [2.05, 4.69) is 17.2 Å². The highest BCUT2D eigenvalue weighted by atomic mass is 35.5. The van der Waals surface area contributed by atoms with E-state index in [1.54, 1.807) is 6.07 Å². The number of rotatable bonds is 4. The fourth-order valence-electron chi connectivity index (χ4n) is 2.47. The predicted molar refractivity (Wildman–Crippen MR) is 82.8 cm³/mol. The Balaban J connectivity index is 0.00000162. The highest BCUT2D eigenvalue weighted by Crippen LogP contribution is 2.29. The van der Waals surface area contributed by atoms with Crippen molar-refractivity contribution in [2.75, 3.05) is 5.73 Å². The van der Waals surface area contributed by atoms with Crippen LogP contribution in [0.15, 0.2) is 12.1 Å². The molecule has 110 valence electrons. The fraction of sp³-hybridized carbons (Fsp3) is 0.615. The molecular formula is C13H23Cl2N3O. The molecule has 2 rings (SSSR count). The summed E-state index contributed by atoms with van der Waals surface area (Å²) in [6.45, 7) is 2.95. The van der Waals surface area contributed by atoms with Crippen LogP contribution >= 0.6 is 24.8 Å². The minimum atomic E-state index is 0. The third kappa shape index (κ3) is 4.80. The number of halogens is 2. The predicted octanol–water partition coefficient (Wildman–Crippen LogP) is 2.42. The lowest BCUT2D eigenvalue weighted by Gasteiger charge is -2.25. The van der Waals surface area contributed by atoms with Crippen LogP contribution in [0.3, 0.4) is 0 Å². The van der Waals surface area contributed by atoms with E-state index in [0.717, 1.165) is 11.3 Å². The molecule has 19 heavy (non-hydrogen) atoms. The van der Waals surface area contributed by atoms with Gasteiger partial charge in [0.1, 0.15) is 5.82 Å². The summed E-state index contributed by atoms with van der Waals surface area (Å²) in [7, 11) is 0. The van der Waals surface area contributed by atoms with Crippen LogP contribution in [0, 0.1) is 0 Å². The molecule has 0 aliphatic heterocycles. The second kappa shape index (κ2) is 7.90. The fourth-order valence-corrected chi connectivity index (χ4v) is 2.47. The van der Waals surface area contributed by atoms with Gasteiger partial charge in [-0.2, -0.15) is 0 Å². The lowest BCUT2D eigenvalue weighted by molar-refractivity contribution is 0.278. The first kappa shape index (κ1) is 18.4. The molecule has 1 aliphatic rings. The van der Waals surface area contributed by atoms with Crippen molar-refractivity contribution in [1.29, 1.82) is 0 Å². The number of nitrogens with two attached hydrogens (primary N) is 1. The van der Waals surface area contributed by atoms with Gasteiger partial charge in [-0.3, -0.25) is 0 Å². The average Bonchev–Trinajstić information content (AvgIpc) is 2.74. The zero-order valence-electron chi connectivity index (χ0n) is 11.2. The molecule has 1 fully saturated rings. The molecule has 0 amide bonds. The second-order valence-electron chi connectivity index (χ2n) is 5.12. The molecule has 1 aliphatic carbocycles. The molecule has 0 atom stereocenters. The van der Waals surface area contributed by atoms with Crippen LogP contribution < -0.4 is 11.1 Å². The van der Waals surface area contributed by atoms with Gasteiger partial charge >= 0.3 is 0 Å². The standard InChI is InChI=1S/C13H21N3O.2ClH/c1-13(6-2-3-7-13)15-8-11-10(9-17)4-5-12(14)16-11;;/h4-5,15,17H,2-3,6-9H2,1H3,(H2,14,16);2*1H. The highest BCUT2D eigenvalue weighted by molar-refractivity contribution is 5.85. The number of pyridine rings is 1. The first-order valence-electron chi connectivity index (χ1n) is 6.23. The van der Waals surface area contributed by atoms with Gasteiger partial charge in [-0.05, 0) is 25.8 Å². The van der Waals surface area contributed by atoms with Gasteiger partial charge in [0, 0.05) is 17.6 Å². The van der Waals surface area contributed by atoms with Crippen LogP contribution in [0.1, 0.15) is 43.9 Å². The molecule has 0 unspecified atom stereocenters. The number of aliphatic hydroxyl groups excluding tert-OH is 1. The van der Waals surface area contributed by atoms with E-state index in [9.17, 15) is 5.11 Å². The lowest BCUT2D eigenvalue weighted by atomic mass is 10.0. The Morgan fingerprint density at radius 2 is 1.95 bits per heavy atom. The molecule has 0 spiro atoms. The summed E-state index contributed by atoms with van der Waals surface area (Å²) in [5.41, 5.74) is 7.62. The molecule has 6 heteroatoms. The summed E-state index contributed by atoms with van der Waals surface area (Å²) in [6.07, 6.45) is 5.01. The van der Waals surface area contributed by atoms with Crippen molar-refractivity contribution in [3.8, 4) is 0 Å². The van der Waals surface area contributed by atoms with Crippen molar-refractivity contribution in [3.63, 3.8) is 0 Å². The monoisotopic (exact) mass is 307 g/mol. The summed E-state index contributed by atoms with van der Waals surface area (Å²) < 4.78 is 0. The molecule has 1 aromatic rings. The average molecular weight is 308 g/mol. The van der Waals surface area contributed by atoms with E-state index < -0.39 is 0 Å². The van der Waals surface area contributed by atoms with Gasteiger partial charge in [0.15, 0.2) is 0 Å². The van der Waals surface area contributed by atoms with Crippen molar-refractivity contribution in [1.82, 2.24) is 10.3 Å². The molecule has 0 bridgehead atoms. The number of hydrogen-bond donors (Lipinski definition) is 3. The molecule has 1 aromatic heterocycles. The Morgan fingerprint density at radius 3 is 2.53 bits per heavy atom. The number of nitrogens with zero attached hydrogens (tertiary/aromatic N) is 1. The molecule has 1 saturated carbocycles. The Kier molecular flexibility index (Phi) is 7.67. The summed E-state index contributed by atoms with van der Waals surface area (Å²) in [6, 6.07) is 3.57. The van der Waals surface area contributed by atoms with Crippen LogP contribution in [-0.2, 0) is 13.2 Å². The topological polar surface area (TPSA) is 71.2 Å².